The van der Waals surface area contributed by atoms with Crippen LogP contribution in [-0.4, -0.2) is 47.4 Å². The van der Waals surface area contributed by atoms with E-state index in [0.29, 0.717) is 6.54 Å². The minimum Gasteiger partial charge on any atom is -0.372 e. The zero-order valence-electron chi connectivity index (χ0n) is 17.1. The first-order chi connectivity index (χ1) is 14.3. The number of guanidine groups is 1. The van der Waals surface area contributed by atoms with E-state index in [0.717, 1.165) is 43.5 Å². The second kappa shape index (κ2) is 10.8. The van der Waals surface area contributed by atoms with Gasteiger partial charge in [-0.1, -0.05) is 36.4 Å². The average Bonchev–Trinajstić information content (AvgIpc) is 3.26. The third kappa shape index (κ3) is 5.81. The molecule has 0 spiro atoms. The van der Waals surface area contributed by atoms with Crippen LogP contribution in [-0.2, 0) is 6.54 Å². The van der Waals surface area contributed by atoms with E-state index in [1.807, 2.05) is 41.0 Å². The number of rotatable bonds is 9. The van der Waals surface area contributed by atoms with Gasteiger partial charge >= 0.3 is 0 Å². The number of anilines is 1. The molecule has 7 nitrogen and oxygen atoms in total. The molecule has 0 aliphatic heterocycles. The van der Waals surface area contributed by atoms with E-state index in [9.17, 15) is 0 Å². The second-order valence-corrected chi connectivity index (χ2v) is 6.57. The van der Waals surface area contributed by atoms with Gasteiger partial charge in [0.25, 0.3) is 0 Å². The zero-order chi connectivity index (χ0) is 20.3. The highest BCUT2D eigenvalue weighted by Gasteiger charge is 2.07. The molecule has 0 unspecified atom stereocenters. The fourth-order valence-corrected chi connectivity index (χ4v) is 3.15. The van der Waals surface area contributed by atoms with Crippen molar-refractivity contribution >= 4 is 11.6 Å². The van der Waals surface area contributed by atoms with Gasteiger partial charge < -0.3 is 15.5 Å². The lowest BCUT2D eigenvalue weighted by Gasteiger charge is -2.23. The van der Waals surface area contributed by atoms with Crippen LogP contribution in [0.15, 0.2) is 72.0 Å². The summed E-state index contributed by atoms with van der Waals surface area (Å²) < 4.78 is 1.97. The summed E-state index contributed by atoms with van der Waals surface area (Å²) in [5, 5.41) is 15.0. The largest absolute Gasteiger partial charge is 0.372 e. The number of para-hydroxylation sites is 2. The minimum absolute atomic E-state index is 0.541. The molecule has 7 heteroatoms. The summed E-state index contributed by atoms with van der Waals surface area (Å²) in [6, 6.07) is 20.6. The third-order valence-electron chi connectivity index (χ3n) is 4.69. The van der Waals surface area contributed by atoms with E-state index >= 15 is 0 Å². The zero-order valence-corrected chi connectivity index (χ0v) is 17.1. The normalized spacial score (nSPS) is 11.3. The summed E-state index contributed by atoms with van der Waals surface area (Å²) in [7, 11) is 1.78. The molecule has 1 heterocycles. The van der Waals surface area contributed by atoms with Crippen molar-refractivity contribution in [3.63, 3.8) is 0 Å². The Morgan fingerprint density at radius 2 is 1.76 bits per heavy atom. The quantitative estimate of drug-likeness (QED) is 0.333. The van der Waals surface area contributed by atoms with Crippen molar-refractivity contribution in [1.82, 2.24) is 25.4 Å². The van der Waals surface area contributed by atoms with E-state index in [1.165, 1.54) is 5.69 Å². The Morgan fingerprint density at radius 1 is 1.03 bits per heavy atom. The first-order valence-corrected chi connectivity index (χ1v) is 10.0. The first kappa shape index (κ1) is 20.4. The van der Waals surface area contributed by atoms with Gasteiger partial charge in [-0.15, -0.1) is 10.2 Å². The molecular weight excluding hydrogens is 362 g/mol. The topological polar surface area (TPSA) is 70.4 Å². The molecule has 0 saturated heterocycles. The lowest BCUT2D eigenvalue weighted by atomic mass is 10.2. The molecule has 0 bridgehead atoms. The Balaban J connectivity index is 1.45. The summed E-state index contributed by atoms with van der Waals surface area (Å²) in [5.41, 5.74) is 2.30. The van der Waals surface area contributed by atoms with Crippen LogP contribution in [0.1, 0.15) is 19.2 Å². The van der Waals surface area contributed by atoms with E-state index in [1.54, 1.807) is 13.4 Å². The van der Waals surface area contributed by atoms with Gasteiger partial charge in [0.15, 0.2) is 11.8 Å². The lowest BCUT2D eigenvalue weighted by molar-refractivity contribution is 0.700. The fraction of sp³-hybridized carbons (Fsp3) is 0.318. The lowest BCUT2D eigenvalue weighted by Crippen LogP contribution is -2.38. The number of nitrogens with zero attached hydrogens (tertiary/aromatic N) is 5. The molecule has 0 aliphatic rings. The van der Waals surface area contributed by atoms with Crippen LogP contribution in [0.4, 0.5) is 5.69 Å². The summed E-state index contributed by atoms with van der Waals surface area (Å²) in [5.74, 6) is 1.59. The molecule has 0 aliphatic carbocycles. The van der Waals surface area contributed by atoms with E-state index in [-0.39, 0.29) is 0 Å². The van der Waals surface area contributed by atoms with Crippen LogP contribution < -0.4 is 15.5 Å². The van der Waals surface area contributed by atoms with Crippen molar-refractivity contribution in [3.05, 3.63) is 72.8 Å². The van der Waals surface area contributed by atoms with Gasteiger partial charge in [0.2, 0.25) is 0 Å². The highest BCUT2D eigenvalue weighted by molar-refractivity contribution is 5.79. The Labute approximate surface area is 172 Å². The van der Waals surface area contributed by atoms with Crippen molar-refractivity contribution < 1.29 is 0 Å². The molecule has 3 rings (SSSR count). The summed E-state index contributed by atoms with van der Waals surface area (Å²) in [4.78, 5) is 6.68. The SMILES string of the molecule is CCN(CCCNC(=NC)NCc1nncn1-c1ccccc1)c1ccccc1. The molecule has 2 N–H and O–H groups in total. The van der Waals surface area contributed by atoms with Crippen molar-refractivity contribution in [1.29, 1.82) is 0 Å². The molecule has 1 aromatic heterocycles. The fourth-order valence-electron chi connectivity index (χ4n) is 3.15. The number of hydrogen-bond acceptors (Lipinski definition) is 4. The summed E-state index contributed by atoms with van der Waals surface area (Å²) in [6.07, 6.45) is 2.75. The van der Waals surface area contributed by atoms with Crippen molar-refractivity contribution in [2.45, 2.75) is 19.9 Å². The maximum absolute atomic E-state index is 4.31. The molecule has 0 atom stereocenters. The molecule has 0 saturated carbocycles. The van der Waals surface area contributed by atoms with Gasteiger partial charge in [-0.25, -0.2) is 0 Å². The van der Waals surface area contributed by atoms with Crippen LogP contribution in [0.25, 0.3) is 5.69 Å². The number of aromatic nitrogens is 3. The molecule has 3 aromatic rings. The number of hydrogen-bond donors (Lipinski definition) is 2. The number of nitrogens with one attached hydrogen (secondary N) is 2. The molecule has 0 amide bonds. The highest BCUT2D eigenvalue weighted by atomic mass is 15.3. The van der Waals surface area contributed by atoms with Gasteiger partial charge in [0.05, 0.1) is 6.54 Å². The van der Waals surface area contributed by atoms with Gasteiger partial charge in [0, 0.05) is 38.1 Å². The molecule has 152 valence electrons. The van der Waals surface area contributed by atoms with Crippen molar-refractivity contribution in [2.24, 2.45) is 4.99 Å². The van der Waals surface area contributed by atoms with Gasteiger partial charge in [-0.3, -0.25) is 9.56 Å². The maximum Gasteiger partial charge on any atom is 0.191 e. The van der Waals surface area contributed by atoms with E-state index < -0.39 is 0 Å². The number of aliphatic imine (C=N–C) groups is 1. The van der Waals surface area contributed by atoms with Crippen molar-refractivity contribution in [3.8, 4) is 5.69 Å². The van der Waals surface area contributed by atoms with E-state index in [2.05, 4.69) is 61.9 Å². The van der Waals surface area contributed by atoms with Gasteiger partial charge in [-0.05, 0) is 37.6 Å². The predicted molar refractivity (Wildman–Crippen MR) is 119 cm³/mol. The monoisotopic (exact) mass is 391 g/mol. The smallest absolute Gasteiger partial charge is 0.191 e. The summed E-state index contributed by atoms with van der Waals surface area (Å²) in [6.45, 7) is 5.55. The molecule has 2 aromatic carbocycles. The second-order valence-electron chi connectivity index (χ2n) is 6.57. The third-order valence-corrected chi connectivity index (χ3v) is 4.69. The van der Waals surface area contributed by atoms with Gasteiger partial charge in [-0.2, -0.15) is 0 Å². The van der Waals surface area contributed by atoms with Crippen LogP contribution in [0.3, 0.4) is 0 Å². The standard InChI is InChI=1S/C22H29N7/c1-3-28(19-11-6-4-7-12-19)16-10-15-24-22(23-2)25-17-21-27-26-18-29(21)20-13-8-5-9-14-20/h4-9,11-14,18H,3,10,15-17H2,1-2H3,(H2,23,24,25). The summed E-state index contributed by atoms with van der Waals surface area (Å²) >= 11 is 0. The molecule has 0 fully saturated rings. The Kier molecular flexibility index (Phi) is 7.63. The minimum atomic E-state index is 0.541. The molecule has 29 heavy (non-hydrogen) atoms. The highest BCUT2D eigenvalue weighted by Crippen LogP contribution is 2.12. The first-order valence-electron chi connectivity index (χ1n) is 10.0. The van der Waals surface area contributed by atoms with Crippen molar-refractivity contribution in [2.75, 3.05) is 31.6 Å². The molecule has 0 radical (unpaired) electrons. The average molecular weight is 392 g/mol. The maximum atomic E-state index is 4.31. The van der Waals surface area contributed by atoms with Crippen LogP contribution >= 0.6 is 0 Å². The Hall–Kier alpha value is -3.35. The van der Waals surface area contributed by atoms with Crippen LogP contribution in [0, 0.1) is 0 Å². The van der Waals surface area contributed by atoms with Crippen LogP contribution in [0.5, 0.6) is 0 Å². The Morgan fingerprint density at radius 3 is 2.45 bits per heavy atom. The number of benzene rings is 2. The predicted octanol–water partition coefficient (Wildman–Crippen LogP) is 2.85. The Bertz CT molecular complexity index is 874. The molecular formula is C22H29N7. The van der Waals surface area contributed by atoms with Gasteiger partial charge in [0.1, 0.15) is 6.33 Å². The van der Waals surface area contributed by atoms with E-state index in [4.69, 9.17) is 0 Å². The van der Waals surface area contributed by atoms with Crippen LogP contribution in [0.2, 0.25) is 0 Å².